The SMILES string of the molecule is CCCCCCCCC1(CCCCCCCC)c2cc(C)ccc2-c2c1ccc1c2c2cc(-c3ccccc3)ccc2n1-c1cc(CCCCCC)c(-c2ccc(N(c3ccc(C)cc3)c3ccc(C(C)(C)C)cc3)cc2)cc1CCCCCC. The second kappa shape index (κ2) is 28.7. The summed E-state index contributed by atoms with van der Waals surface area (Å²) in [6.45, 7) is 20.8. The summed E-state index contributed by atoms with van der Waals surface area (Å²) >= 11 is 0. The highest BCUT2D eigenvalue weighted by Crippen LogP contribution is 2.58. The van der Waals surface area contributed by atoms with E-state index in [0.717, 1.165) is 12.8 Å². The summed E-state index contributed by atoms with van der Waals surface area (Å²) in [6, 6.07) is 64.6. The fourth-order valence-corrected chi connectivity index (χ4v) is 14.4. The van der Waals surface area contributed by atoms with Crippen LogP contribution in [-0.2, 0) is 23.7 Å². The van der Waals surface area contributed by atoms with Gasteiger partial charge in [0.2, 0.25) is 0 Å². The molecule has 1 aromatic heterocycles. The van der Waals surface area contributed by atoms with E-state index in [2.05, 4.69) is 236 Å². The number of aromatic nitrogens is 1. The topological polar surface area (TPSA) is 8.17 Å². The molecule has 1 aliphatic carbocycles. The molecular weight excluding hydrogens is 1020 g/mol. The zero-order chi connectivity index (χ0) is 59.3. The number of hydrogen-bond donors (Lipinski definition) is 0. The van der Waals surface area contributed by atoms with Crippen LogP contribution in [0, 0.1) is 13.8 Å². The molecule has 2 nitrogen and oxygen atoms in total. The van der Waals surface area contributed by atoms with Gasteiger partial charge in [0.1, 0.15) is 0 Å². The molecule has 0 saturated carbocycles. The Balaban J connectivity index is 1.17. The predicted molar refractivity (Wildman–Crippen MR) is 372 cm³/mol. The summed E-state index contributed by atoms with van der Waals surface area (Å²) in [5, 5.41) is 2.82. The third-order valence-electron chi connectivity index (χ3n) is 19.3. The number of aryl methyl sites for hydroxylation is 4. The number of nitrogens with zero attached hydrogens (tertiary/aromatic N) is 2. The Morgan fingerprint density at radius 1 is 0.400 bits per heavy atom. The third-order valence-corrected chi connectivity index (χ3v) is 19.3. The number of hydrogen-bond acceptors (Lipinski definition) is 1. The smallest absolute Gasteiger partial charge is 0.0547 e. The van der Waals surface area contributed by atoms with Gasteiger partial charge in [-0.1, -0.05) is 272 Å². The number of fused-ring (bicyclic) bond motifs is 7. The first kappa shape index (κ1) is 61.4. The molecule has 1 aliphatic rings. The van der Waals surface area contributed by atoms with Crippen molar-refractivity contribution in [1.82, 2.24) is 4.57 Å². The lowest BCUT2D eigenvalue weighted by Crippen LogP contribution is -2.25. The molecule has 8 aromatic carbocycles. The molecule has 0 amide bonds. The van der Waals surface area contributed by atoms with Crippen LogP contribution in [0.15, 0.2) is 164 Å². The van der Waals surface area contributed by atoms with E-state index < -0.39 is 0 Å². The molecule has 0 atom stereocenters. The predicted octanol–water partition coefficient (Wildman–Crippen LogP) is 25.5. The summed E-state index contributed by atoms with van der Waals surface area (Å²) in [5.41, 5.74) is 25.9. The van der Waals surface area contributed by atoms with Crippen LogP contribution in [0.2, 0.25) is 0 Å². The fourth-order valence-electron chi connectivity index (χ4n) is 14.4. The molecule has 0 radical (unpaired) electrons. The van der Waals surface area contributed by atoms with Crippen LogP contribution in [0.3, 0.4) is 0 Å². The van der Waals surface area contributed by atoms with Crippen molar-refractivity contribution in [3.05, 3.63) is 203 Å². The zero-order valence-electron chi connectivity index (χ0n) is 54.0. The van der Waals surface area contributed by atoms with Gasteiger partial charge in [-0.2, -0.15) is 0 Å². The summed E-state index contributed by atoms with van der Waals surface area (Å²) < 4.78 is 2.75. The van der Waals surface area contributed by atoms with Crippen molar-refractivity contribution in [2.75, 3.05) is 4.90 Å². The van der Waals surface area contributed by atoms with Crippen molar-refractivity contribution in [3.63, 3.8) is 0 Å². The van der Waals surface area contributed by atoms with E-state index in [-0.39, 0.29) is 10.8 Å². The quantitative estimate of drug-likeness (QED) is 0.0408. The lowest BCUT2D eigenvalue weighted by atomic mass is 9.70. The molecule has 0 fully saturated rings. The second-order valence-electron chi connectivity index (χ2n) is 26.8. The first-order chi connectivity index (χ1) is 41.5. The second-order valence-corrected chi connectivity index (χ2v) is 26.8. The lowest BCUT2D eigenvalue weighted by molar-refractivity contribution is 0.398. The molecule has 10 rings (SSSR count). The molecule has 0 bridgehead atoms. The Morgan fingerprint density at radius 3 is 1.52 bits per heavy atom. The summed E-state index contributed by atoms with van der Waals surface area (Å²) in [7, 11) is 0. The minimum atomic E-state index is -0.00675. The van der Waals surface area contributed by atoms with E-state index in [9.17, 15) is 0 Å². The molecule has 2 heteroatoms. The maximum atomic E-state index is 2.75. The Kier molecular flexibility index (Phi) is 20.7. The molecule has 0 spiro atoms. The molecular formula is C83H102N2. The van der Waals surface area contributed by atoms with Crippen molar-refractivity contribution in [3.8, 4) is 39.1 Å². The Bertz CT molecular complexity index is 3570. The van der Waals surface area contributed by atoms with Crippen LogP contribution in [0.5, 0.6) is 0 Å². The van der Waals surface area contributed by atoms with Gasteiger partial charge in [0.05, 0.1) is 11.0 Å². The lowest BCUT2D eigenvalue weighted by Gasteiger charge is -2.33. The molecule has 85 heavy (non-hydrogen) atoms. The van der Waals surface area contributed by atoms with E-state index >= 15 is 0 Å². The van der Waals surface area contributed by atoms with Crippen LogP contribution in [0.25, 0.3) is 60.9 Å². The van der Waals surface area contributed by atoms with Crippen LogP contribution in [-0.4, -0.2) is 4.57 Å². The number of rotatable bonds is 30. The molecule has 0 N–H and O–H groups in total. The maximum absolute atomic E-state index is 2.75. The Morgan fingerprint density at radius 2 is 0.918 bits per heavy atom. The highest BCUT2D eigenvalue weighted by atomic mass is 15.1. The van der Waals surface area contributed by atoms with Crippen molar-refractivity contribution < 1.29 is 0 Å². The molecule has 444 valence electrons. The molecule has 0 saturated heterocycles. The van der Waals surface area contributed by atoms with Gasteiger partial charge in [-0.3, -0.25) is 0 Å². The Labute approximate surface area is 514 Å². The highest BCUT2D eigenvalue weighted by Gasteiger charge is 2.44. The van der Waals surface area contributed by atoms with Gasteiger partial charge in [0.15, 0.2) is 0 Å². The van der Waals surface area contributed by atoms with Gasteiger partial charge in [-0.25, -0.2) is 0 Å². The minimum Gasteiger partial charge on any atom is -0.311 e. The minimum absolute atomic E-state index is 0.00675. The zero-order valence-corrected chi connectivity index (χ0v) is 54.0. The number of benzene rings is 8. The third kappa shape index (κ3) is 13.8. The highest BCUT2D eigenvalue weighted by molar-refractivity contribution is 6.18. The maximum Gasteiger partial charge on any atom is 0.0547 e. The molecule has 0 unspecified atom stereocenters. The molecule has 1 heterocycles. The van der Waals surface area contributed by atoms with Gasteiger partial charge in [0.25, 0.3) is 0 Å². The Hall–Kier alpha value is -6.64. The molecule has 0 aliphatic heterocycles. The van der Waals surface area contributed by atoms with Gasteiger partial charge >= 0.3 is 0 Å². The van der Waals surface area contributed by atoms with Crippen molar-refractivity contribution in [2.45, 2.75) is 227 Å². The average molecular weight is 1130 g/mol. The van der Waals surface area contributed by atoms with E-state index in [1.807, 2.05) is 0 Å². The first-order valence-corrected chi connectivity index (χ1v) is 34.0. The van der Waals surface area contributed by atoms with Gasteiger partial charge in [0, 0.05) is 38.9 Å². The van der Waals surface area contributed by atoms with Gasteiger partial charge in [-0.15, -0.1) is 0 Å². The van der Waals surface area contributed by atoms with E-state index in [0.29, 0.717) is 0 Å². The standard InChI is InChI=1S/C83H102N2/c1-10-14-18-22-24-31-55-83(56-32-25-23-19-15-11-2)75-52-54-78-81(80(75)72-51-39-62(6)57-76(72)83)74-58-65(63-33-29-26-30-34-63)42-53-77(74)85(78)79-60-66(35-27-20-16-12-3)73(59-67(79)36-28-21-17-13-4)64-40-47-70(48-41-64)84(69-45-37-61(5)38-46-69)71-49-43-68(44-50-71)82(7,8)9/h26,29-30,33-34,37-54,57-60H,10-25,27-28,31-32,35-36,55-56H2,1-9H3. The summed E-state index contributed by atoms with van der Waals surface area (Å²) in [5.74, 6) is 0. The van der Waals surface area contributed by atoms with E-state index in [1.165, 1.54) is 247 Å². The van der Waals surface area contributed by atoms with Crippen LogP contribution in [0.1, 0.15) is 229 Å². The summed E-state index contributed by atoms with van der Waals surface area (Å²) in [6.07, 6.45) is 30.2. The van der Waals surface area contributed by atoms with Crippen molar-refractivity contribution in [1.29, 1.82) is 0 Å². The first-order valence-electron chi connectivity index (χ1n) is 34.0. The fraction of sp³-hybridized carbons (Fsp3) is 0.422. The monoisotopic (exact) mass is 1130 g/mol. The van der Waals surface area contributed by atoms with E-state index in [4.69, 9.17) is 0 Å². The average Bonchev–Trinajstić information content (AvgIpc) is 4.18. The van der Waals surface area contributed by atoms with Crippen LogP contribution >= 0.6 is 0 Å². The van der Waals surface area contributed by atoms with E-state index in [1.54, 1.807) is 11.1 Å². The number of anilines is 3. The van der Waals surface area contributed by atoms with Crippen LogP contribution < -0.4 is 4.90 Å². The summed E-state index contributed by atoms with van der Waals surface area (Å²) in [4.78, 5) is 2.43. The van der Waals surface area contributed by atoms with Crippen molar-refractivity contribution in [2.24, 2.45) is 0 Å². The van der Waals surface area contributed by atoms with Crippen LogP contribution in [0.4, 0.5) is 17.1 Å². The molecule has 9 aromatic rings. The number of unbranched alkanes of at least 4 members (excludes halogenated alkanes) is 16. The normalized spacial score (nSPS) is 12.8. The van der Waals surface area contributed by atoms with Gasteiger partial charge < -0.3 is 9.47 Å². The van der Waals surface area contributed by atoms with Gasteiger partial charge in [-0.05, 0) is 186 Å². The van der Waals surface area contributed by atoms with Crippen molar-refractivity contribution >= 4 is 38.9 Å². The largest absolute Gasteiger partial charge is 0.311 e.